The minimum absolute atomic E-state index is 0.0705. The highest BCUT2D eigenvalue weighted by atomic mass is 16.3. The molecule has 160 valence electrons. The van der Waals surface area contributed by atoms with Crippen LogP contribution in [0.1, 0.15) is 89.5 Å². The molecule has 1 atom stereocenters. The molecule has 0 radical (unpaired) electrons. The molecule has 1 unspecified atom stereocenters. The molecule has 2 heteroatoms. The molecule has 0 fully saturated rings. The van der Waals surface area contributed by atoms with E-state index in [1.807, 2.05) is 6.07 Å². The van der Waals surface area contributed by atoms with E-state index in [9.17, 15) is 5.11 Å². The summed E-state index contributed by atoms with van der Waals surface area (Å²) in [6.07, 6.45) is 16.4. The summed E-state index contributed by atoms with van der Waals surface area (Å²) in [5.41, 5.74) is 3.73. The summed E-state index contributed by atoms with van der Waals surface area (Å²) in [4.78, 5) is 0. The molecule has 0 aromatic heterocycles. The van der Waals surface area contributed by atoms with Crippen molar-refractivity contribution in [1.29, 1.82) is 0 Å². The fourth-order valence-electron chi connectivity index (χ4n) is 3.77. The maximum Gasteiger partial charge on any atom is 0.0537 e. The Kier molecular flexibility index (Phi) is 12.2. The number of aliphatic hydroxyl groups is 1. The largest absolute Gasteiger partial charge is 0.393 e. The monoisotopic (exact) mass is 395 g/mol. The maximum absolute atomic E-state index is 9.54. The molecule has 2 aromatic rings. The number of aryl methyl sites for hydroxylation is 1. The number of rotatable bonds is 16. The molecule has 29 heavy (non-hydrogen) atoms. The number of hydrogen-bond acceptors (Lipinski definition) is 2. The molecule has 0 heterocycles. The lowest BCUT2D eigenvalue weighted by atomic mass is 10.0. The Morgan fingerprint density at radius 1 is 0.655 bits per heavy atom. The highest BCUT2D eigenvalue weighted by Gasteiger charge is 2.00. The van der Waals surface area contributed by atoms with Gasteiger partial charge in [-0.1, -0.05) is 95.0 Å². The topological polar surface area (TPSA) is 32.3 Å². The molecule has 2 aromatic carbocycles. The third-order valence-electron chi connectivity index (χ3n) is 5.74. The van der Waals surface area contributed by atoms with Crippen molar-refractivity contribution < 1.29 is 5.11 Å². The molecule has 0 saturated heterocycles. The fraction of sp³-hybridized carbons (Fsp3) is 0.556. The molecule has 0 amide bonds. The lowest BCUT2D eigenvalue weighted by Gasteiger charge is -2.08. The number of benzene rings is 2. The average molecular weight is 396 g/mol. The van der Waals surface area contributed by atoms with Gasteiger partial charge in [0.2, 0.25) is 0 Å². The van der Waals surface area contributed by atoms with Gasteiger partial charge in [0, 0.05) is 11.4 Å². The third kappa shape index (κ3) is 11.1. The van der Waals surface area contributed by atoms with Gasteiger partial charge in [-0.3, -0.25) is 0 Å². The SMILES string of the molecule is CCC(O)CCCCCCCCCCCCc1ccc(Nc2ccccc2)cc1. The zero-order chi connectivity index (χ0) is 20.6. The van der Waals surface area contributed by atoms with Crippen molar-refractivity contribution in [1.82, 2.24) is 0 Å². The van der Waals surface area contributed by atoms with Gasteiger partial charge in [0.1, 0.15) is 0 Å². The summed E-state index contributed by atoms with van der Waals surface area (Å²) < 4.78 is 0. The molecule has 0 bridgehead atoms. The van der Waals surface area contributed by atoms with Crippen LogP contribution in [0.15, 0.2) is 54.6 Å². The van der Waals surface area contributed by atoms with Gasteiger partial charge in [-0.05, 0) is 55.5 Å². The quantitative estimate of drug-likeness (QED) is 0.282. The molecule has 0 aliphatic carbocycles. The Balaban J connectivity index is 1.43. The van der Waals surface area contributed by atoms with Gasteiger partial charge in [-0.15, -0.1) is 0 Å². The molecule has 2 N–H and O–H groups in total. The van der Waals surface area contributed by atoms with Crippen LogP contribution in [0.3, 0.4) is 0 Å². The Bertz CT molecular complexity index is 623. The standard InChI is InChI=1S/C27H41NO/c1-2-27(29)19-15-10-8-6-4-3-5-7-9-12-16-24-20-22-26(23-21-24)28-25-17-13-11-14-18-25/h11,13-14,17-18,20-23,27-29H,2-10,12,15-16,19H2,1H3. The first kappa shape index (κ1) is 23.5. The second kappa shape index (κ2) is 15.1. The smallest absolute Gasteiger partial charge is 0.0537 e. The van der Waals surface area contributed by atoms with E-state index in [-0.39, 0.29) is 6.10 Å². The van der Waals surface area contributed by atoms with Crippen LogP contribution in [-0.4, -0.2) is 11.2 Å². The summed E-state index contributed by atoms with van der Waals surface area (Å²) >= 11 is 0. The van der Waals surface area contributed by atoms with E-state index in [1.54, 1.807) is 0 Å². The Hall–Kier alpha value is -1.80. The van der Waals surface area contributed by atoms with Crippen molar-refractivity contribution in [2.45, 2.75) is 96.5 Å². The van der Waals surface area contributed by atoms with Gasteiger partial charge in [0.25, 0.3) is 0 Å². The highest BCUT2D eigenvalue weighted by molar-refractivity contribution is 5.59. The van der Waals surface area contributed by atoms with Crippen LogP contribution >= 0.6 is 0 Å². The van der Waals surface area contributed by atoms with Gasteiger partial charge < -0.3 is 10.4 Å². The number of aliphatic hydroxyl groups excluding tert-OH is 1. The number of hydrogen-bond donors (Lipinski definition) is 2. The van der Waals surface area contributed by atoms with E-state index in [2.05, 4.69) is 60.8 Å². The van der Waals surface area contributed by atoms with Crippen LogP contribution in [0.5, 0.6) is 0 Å². The fourth-order valence-corrected chi connectivity index (χ4v) is 3.77. The molecule has 0 aliphatic heterocycles. The van der Waals surface area contributed by atoms with E-state index in [4.69, 9.17) is 0 Å². The second-order valence-corrected chi connectivity index (χ2v) is 8.32. The molecular formula is C27H41NO. The van der Waals surface area contributed by atoms with E-state index >= 15 is 0 Å². The van der Waals surface area contributed by atoms with Gasteiger partial charge in [0.05, 0.1) is 6.10 Å². The van der Waals surface area contributed by atoms with Crippen LogP contribution in [0.25, 0.3) is 0 Å². The average Bonchev–Trinajstić information content (AvgIpc) is 2.76. The van der Waals surface area contributed by atoms with Gasteiger partial charge >= 0.3 is 0 Å². The Morgan fingerprint density at radius 2 is 1.17 bits per heavy atom. The van der Waals surface area contributed by atoms with E-state index in [0.717, 1.165) is 24.2 Å². The molecule has 2 rings (SSSR count). The van der Waals surface area contributed by atoms with Gasteiger partial charge in [0.15, 0.2) is 0 Å². The maximum atomic E-state index is 9.54. The lowest BCUT2D eigenvalue weighted by molar-refractivity contribution is 0.156. The van der Waals surface area contributed by atoms with Crippen molar-refractivity contribution >= 4 is 11.4 Å². The van der Waals surface area contributed by atoms with E-state index in [0.29, 0.717) is 0 Å². The summed E-state index contributed by atoms with van der Waals surface area (Å²) in [5.74, 6) is 0. The van der Waals surface area contributed by atoms with Gasteiger partial charge in [-0.25, -0.2) is 0 Å². The molecular weight excluding hydrogens is 354 g/mol. The predicted octanol–water partition coefficient (Wildman–Crippen LogP) is 8.03. The van der Waals surface area contributed by atoms with Gasteiger partial charge in [-0.2, -0.15) is 0 Å². The first-order valence-electron chi connectivity index (χ1n) is 11.9. The minimum Gasteiger partial charge on any atom is -0.393 e. The summed E-state index contributed by atoms with van der Waals surface area (Å²) in [5, 5.41) is 13.0. The summed E-state index contributed by atoms with van der Waals surface area (Å²) in [6.45, 7) is 2.06. The highest BCUT2D eigenvalue weighted by Crippen LogP contribution is 2.18. The van der Waals surface area contributed by atoms with Crippen LogP contribution in [0.2, 0.25) is 0 Å². The number of anilines is 2. The van der Waals surface area contributed by atoms with E-state index in [1.165, 1.54) is 76.2 Å². The van der Waals surface area contributed by atoms with Crippen LogP contribution in [0.4, 0.5) is 11.4 Å². The Morgan fingerprint density at radius 3 is 1.76 bits per heavy atom. The van der Waals surface area contributed by atoms with Crippen LogP contribution in [-0.2, 0) is 6.42 Å². The molecule has 0 aliphatic rings. The first-order chi connectivity index (χ1) is 14.3. The zero-order valence-corrected chi connectivity index (χ0v) is 18.4. The molecule has 0 spiro atoms. The van der Waals surface area contributed by atoms with E-state index < -0.39 is 0 Å². The van der Waals surface area contributed by atoms with Crippen molar-refractivity contribution in [2.75, 3.05) is 5.32 Å². The zero-order valence-electron chi connectivity index (χ0n) is 18.4. The number of unbranched alkanes of at least 4 members (excludes halogenated alkanes) is 9. The van der Waals surface area contributed by atoms with Crippen molar-refractivity contribution in [3.05, 3.63) is 60.2 Å². The predicted molar refractivity (Wildman–Crippen MR) is 127 cm³/mol. The second-order valence-electron chi connectivity index (χ2n) is 8.32. The van der Waals surface area contributed by atoms with Crippen LogP contribution in [0, 0.1) is 0 Å². The van der Waals surface area contributed by atoms with Crippen molar-refractivity contribution in [2.24, 2.45) is 0 Å². The summed E-state index contributed by atoms with van der Waals surface area (Å²) in [6, 6.07) is 19.2. The van der Waals surface area contributed by atoms with Crippen molar-refractivity contribution in [3.63, 3.8) is 0 Å². The first-order valence-corrected chi connectivity index (χ1v) is 11.9. The molecule has 2 nitrogen and oxygen atoms in total. The Labute approximate surface area is 178 Å². The van der Waals surface area contributed by atoms with Crippen molar-refractivity contribution in [3.8, 4) is 0 Å². The number of nitrogens with one attached hydrogen (secondary N) is 1. The van der Waals surface area contributed by atoms with Crippen LogP contribution < -0.4 is 5.32 Å². The lowest BCUT2D eigenvalue weighted by Crippen LogP contribution is -2.03. The normalized spacial score (nSPS) is 12.1. The minimum atomic E-state index is -0.0705. The molecule has 0 saturated carbocycles. The third-order valence-corrected chi connectivity index (χ3v) is 5.74. The number of para-hydroxylation sites is 1. The summed E-state index contributed by atoms with van der Waals surface area (Å²) in [7, 11) is 0.